The highest BCUT2D eigenvalue weighted by molar-refractivity contribution is 5.92. The number of nitrogen functional groups attached to an aromatic ring is 1. The topological polar surface area (TPSA) is 71.2 Å². The number of benzene rings is 1. The number of hydrogen-bond acceptors (Lipinski definition) is 4. The summed E-state index contributed by atoms with van der Waals surface area (Å²) in [5, 5.41) is 13.2. The Bertz CT molecular complexity index is 499. The standard InChI is InChI=1S/C12H15N3O/c1-8(7-16)15-11-4-5-14-12-6-9(13)2-3-10(11)12/h2-6,8,16H,7,13H2,1H3,(H,14,15). The average Bonchev–Trinajstić information content (AvgIpc) is 2.28. The summed E-state index contributed by atoms with van der Waals surface area (Å²) in [7, 11) is 0. The molecule has 4 N–H and O–H groups in total. The maximum Gasteiger partial charge on any atom is 0.0743 e. The molecule has 0 saturated heterocycles. The molecule has 0 radical (unpaired) electrons. The van der Waals surface area contributed by atoms with E-state index in [4.69, 9.17) is 10.8 Å². The first-order valence-electron chi connectivity index (χ1n) is 5.22. The van der Waals surface area contributed by atoms with E-state index < -0.39 is 0 Å². The van der Waals surface area contributed by atoms with Crippen LogP contribution in [0.3, 0.4) is 0 Å². The van der Waals surface area contributed by atoms with Gasteiger partial charge in [-0.3, -0.25) is 4.98 Å². The van der Waals surface area contributed by atoms with Crippen LogP contribution in [0.2, 0.25) is 0 Å². The van der Waals surface area contributed by atoms with Gasteiger partial charge in [-0.05, 0) is 31.2 Å². The molecule has 0 amide bonds. The van der Waals surface area contributed by atoms with Gasteiger partial charge in [0.05, 0.1) is 12.1 Å². The largest absolute Gasteiger partial charge is 0.399 e. The van der Waals surface area contributed by atoms with Crippen molar-refractivity contribution in [1.82, 2.24) is 4.98 Å². The maximum absolute atomic E-state index is 9.01. The number of anilines is 2. The number of aromatic nitrogens is 1. The molecule has 0 aliphatic heterocycles. The van der Waals surface area contributed by atoms with E-state index in [1.54, 1.807) is 6.20 Å². The summed E-state index contributed by atoms with van der Waals surface area (Å²) >= 11 is 0. The van der Waals surface area contributed by atoms with Crippen molar-refractivity contribution in [2.24, 2.45) is 0 Å². The summed E-state index contributed by atoms with van der Waals surface area (Å²) in [5.74, 6) is 0. The second-order valence-electron chi connectivity index (χ2n) is 3.86. The minimum Gasteiger partial charge on any atom is -0.399 e. The predicted octanol–water partition coefficient (Wildman–Crippen LogP) is 1.61. The number of fused-ring (bicyclic) bond motifs is 1. The van der Waals surface area contributed by atoms with Gasteiger partial charge in [-0.1, -0.05) is 0 Å². The fraction of sp³-hybridized carbons (Fsp3) is 0.250. The van der Waals surface area contributed by atoms with Crippen molar-refractivity contribution in [2.45, 2.75) is 13.0 Å². The molecule has 0 spiro atoms. The van der Waals surface area contributed by atoms with Gasteiger partial charge in [0.2, 0.25) is 0 Å². The van der Waals surface area contributed by atoms with E-state index in [1.165, 1.54) is 0 Å². The molecule has 1 heterocycles. The molecule has 1 aromatic heterocycles. The van der Waals surface area contributed by atoms with Crippen molar-refractivity contribution in [3.05, 3.63) is 30.5 Å². The minimum absolute atomic E-state index is 0.0168. The molecule has 0 aliphatic carbocycles. The van der Waals surface area contributed by atoms with E-state index in [1.807, 2.05) is 31.2 Å². The fourth-order valence-corrected chi connectivity index (χ4v) is 1.60. The Morgan fingerprint density at radius 1 is 1.44 bits per heavy atom. The third kappa shape index (κ3) is 2.06. The Morgan fingerprint density at radius 2 is 2.25 bits per heavy atom. The first-order chi connectivity index (χ1) is 7.70. The lowest BCUT2D eigenvalue weighted by Gasteiger charge is -2.14. The van der Waals surface area contributed by atoms with E-state index in [9.17, 15) is 0 Å². The SMILES string of the molecule is CC(CO)Nc1ccnc2cc(N)ccc12. The highest BCUT2D eigenvalue weighted by atomic mass is 16.3. The fourth-order valence-electron chi connectivity index (χ4n) is 1.60. The molecule has 4 nitrogen and oxygen atoms in total. The maximum atomic E-state index is 9.01. The number of hydrogen-bond donors (Lipinski definition) is 3. The van der Waals surface area contributed by atoms with Gasteiger partial charge in [-0.2, -0.15) is 0 Å². The Kier molecular flexibility index (Phi) is 2.92. The molecule has 16 heavy (non-hydrogen) atoms. The van der Waals surface area contributed by atoms with Crippen LogP contribution in [0.1, 0.15) is 6.92 Å². The number of rotatable bonds is 3. The highest BCUT2D eigenvalue weighted by Gasteiger charge is 2.04. The molecule has 1 unspecified atom stereocenters. The van der Waals surface area contributed by atoms with Crippen LogP contribution in [0.5, 0.6) is 0 Å². The van der Waals surface area contributed by atoms with Crippen molar-refractivity contribution >= 4 is 22.3 Å². The minimum atomic E-state index is 0.0168. The molecule has 4 heteroatoms. The van der Waals surface area contributed by atoms with Gasteiger partial charge >= 0.3 is 0 Å². The summed E-state index contributed by atoms with van der Waals surface area (Å²) in [6, 6.07) is 7.53. The van der Waals surface area contributed by atoms with Crippen molar-refractivity contribution in [3.8, 4) is 0 Å². The van der Waals surface area contributed by atoms with Crippen molar-refractivity contribution in [3.63, 3.8) is 0 Å². The van der Waals surface area contributed by atoms with Gasteiger partial charge in [0.1, 0.15) is 0 Å². The summed E-state index contributed by atoms with van der Waals surface area (Å²) in [6.45, 7) is 2.02. The molecule has 2 rings (SSSR count). The monoisotopic (exact) mass is 217 g/mol. The van der Waals surface area contributed by atoms with Crippen LogP contribution in [0.15, 0.2) is 30.5 Å². The number of aliphatic hydroxyl groups excluding tert-OH is 1. The smallest absolute Gasteiger partial charge is 0.0743 e. The Balaban J connectivity index is 2.45. The normalized spacial score (nSPS) is 12.6. The van der Waals surface area contributed by atoms with Crippen LogP contribution < -0.4 is 11.1 Å². The lowest BCUT2D eigenvalue weighted by molar-refractivity contribution is 0.281. The number of nitrogens with one attached hydrogen (secondary N) is 1. The van der Waals surface area contributed by atoms with Gasteiger partial charge in [-0.15, -0.1) is 0 Å². The second kappa shape index (κ2) is 4.37. The zero-order valence-corrected chi connectivity index (χ0v) is 9.14. The summed E-state index contributed by atoms with van der Waals surface area (Å²) in [4.78, 5) is 4.25. The van der Waals surface area contributed by atoms with Crippen LogP contribution in [0, 0.1) is 0 Å². The quantitative estimate of drug-likeness (QED) is 0.683. The van der Waals surface area contributed by atoms with Gasteiger partial charge in [0.25, 0.3) is 0 Å². The number of nitrogens with zero attached hydrogens (tertiary/aromatic N) is 1. The van der Waals surface area contributed by atoms with Gasteiger partial charge in [-0.25, -0.2) is 0 Å². The molecule has 1 atom stereocenters. The van der Waals surface area contributed by atoms with E-state index in [2.05, 4.69) is 10.3 Å². The van der Waals surface area contributed by atoms with Crippen LogP contribution >= 0.6 is 0 Å². The number of pyridine rings is 1. The second-order valence-corrected chi connectivity index (χ2v) is 3.86. The Hall–Kier alpha value is -1.81. The first-order valence-corrected chi connectivity index (χ1v) is 5.22. The van der Waals surface area contributed by atoms with Crippen LogP contribution in [-0.2, 0) is 0 Å². The van der Waals surface area contributed by atoms with Crippen LogP contribution in [0.4, 0.5) is 11.4 Å². The van der Waals surface area contributed by atoms with Crippen molar-refractivity contribution in [1.29, 1.82) is 0 Å². The summed E-state index contributed by atoms with van der Waals surface area (Å²) in [5.41, 5.74) is 8.22. The van der Waals surface area contributed by atoms with Gasteiger partial charge < -0.3 is 16.2 Å². The van der Waals surface area contributed by atoms with Crippen LogP contribution in [0.25, 0.3) is 10.9 Å². The third-order valence-corrected chi connectivity index (χ3v) is 2.44. The third-order valence-electron chi connectivity index (χ3n) is 2.44. The molecule has 0 aliphatic rings. The van der Waals surface area contributed by atoms with Crippen molar-refractivity contribution < 1.29 is 5.11 Å². The van der Waals surface area contributed by atoms with E-state index >= 15 is 0 Å². The van der Waals surface area contributed by atoms with E-state index in [-0.39, 0.29) is 12.6 Å². The zero-order chi connectivity index (χ0) is 11.5. The molecule has 84 valence electrons. The lowest BCUT2D eigenvalue weighted by atomic mass is 10.1. The average molecular weight is 217 g/mol. The molecular weight excluding hydrogens is 202 g/mol. The molecular formula is C12H15N3O. The molecule has 0 fully saturated rings. The Morgan fingerprint density at radius 3 is 3.00 bits per heavy atom. The lowest BCUT2D eigenvalue weighted by Crippen LogP contribution is -2.19. The Labute approximate surface area is 94.1 Å². The molecule has 0 bridgehead atoms. The number of aliphatic hydroxyl groups is 1. The molecule has 1 aromatic carbocycles. The van der Waals surface area contributed by atoms with Gasteiger partial charge in [0, 0.05) is 29.0 Å². The molecule has 0 saturated carbocycles. The first kappa shape index (κ1) is 10.7. The van der Waals surface area contributed by atoms with E-state index in [0.29, 0.717) is 5.69 Å². The summed E-state index contributed by atoms with van der Waals surface area (Å²) < 4.78 is 0. The van der Waals surface area contributed by atoms with E-state index in [0.717, 1.165) is 16.6 Å². The highest BCUT2D eigenvalue weighted by Crippen LogP contribution is 2.23. The summed E-state index contributed by atoms with van der Waals surface area (Å²) in [6.07, 6.45) is 1.73. The number of nitrogens with two attached hydrogens (primary N) is 1. The predicted molar refractivity (Wildman–Crippen MR) is 66.3 cm³/mol. The van der Waals surface area contributed by atoms with Crippen molar-refractivity contribution in [2.75, 3.05) is 17.7 Å². The van der Waals surface area contributed by atoms with Crippen LogP contribution in [-0.4, -0.2) is 22.7 Å². The molecule has 2 aromatic rings. The van der Waals surface area contributed by atoms with Gasteiger partial charge in [0.15, 0.2) is 0 Å². The zero-order valence-electron chi connectivity index (χ0n) is 9.14.